The third-order valence-corrected chi connectivity index (χ3v) is 8.93. The molecule has 0 aliphatic carbocycles. The van der Waals surface area contributed by atoms with E-state index in [9.17, 15) is 8.78 Å². The first-order valence-corrected chi connectivity index (χ1v) is 14.3. The number of hydrogen-bond acceptors (Lipinski definition) is 0. The molecule has 189 valence electrons. The van der Waals surface area contributed by atoms with Gasteiger partial charge in [0.15, 0.2) is 0 Å². The number of halogens is 2. The molecule has 0 radical (unpaired) electrons. The molecule has 1 rings (SSSR count). The van der Waals surface area contributed by atoms with Gasteiger partial charge in [-0.2, -0.15) is 0 Å². The van der Waals surface area contributed by atoms with Gasteiger partial charge in [0.05, 0.1) is 0 Å². The SMILES string of the molecule is CCCCCCC(CF)C(C)(C)Cc1cccc(CC(C)(C)C(CF)CCCCCC)[c]1[Ti]. The molecule has 0 fully saturated rings. The van der Waals surface area contributed by atoms with Gasteiger partial charge >= 0.3 is 217 Å². The van der Waals surface area contributed by atoms with Gasteiger partial charge < -0.3 is 0 Å². The molecule has 0 bridgehead atoms. The first-order chi connectivity index (χ1) is 15.6. The Kier molecular flexibility index (Phi) is 14.7. The molecule has 2 atom stereocenters. The van der Waals surface area contributed by atoms with Gasteiger partial charge in [-0.1, -0.05) is 0 Å². The predicted molar refractivity (Wildman–Crippen MR) is 137 cm³/mol. The zero-order valence-electron chi connectivity index (χ0n) is 22.5. The van der Waals surface area contributed by atoms with Crippen LogP contribution in [0.2, 0.25) is 0 Å². The van der Waals surface area contributed by atoms with E-state index in [-0.39, 0.29) is 36.0 Å². The molecule has 0 N–H and O–H groups in total. The molecule has 0 nitrogen and oxygen atoms in total. The quantitative estimate of drug-likeness (QED) is 0.140. The molecule has 0 aliphatic rings. The Morgan fingerprint density at radius 3 is 1.42 bits per heavy atom. The molecule has 0 amide bonds. The summed E-state index contributed by atoms with van der Waals surface area (Å²) in [6.07, 6.45) is 13.4. The maximum absolute atomic E-state index is 14.0. The molecule has 1 aromatic rings. The van der Waals surface area contributed by atoms with Gasteiger partial charge in [0.25, 0.3) is 0 Å². The van der Waals surface area contributed by atoms with E-state index in [0.29, 0.717) is 0 Å². The summed E-state index contributed by atoms with van der Waals surface area (Å²) >= 11 is 2.22. The summed E-state index contributed by atoms with van der Waals surface area (Å²) in [4.78, 5) is 0. The van der Waals surface area contributed by atoms with E-state index in [4.69, 9.17) is 0 Å². The maximum atomic E-state index is 14.0. The fourth-order valence-corrected chi connectivity index (χ4v) is 5.74. The van der Waals surface area contributed by atoms with Crippen LogP contribution in [-0.2, 0) is 33.3 Å². The minimum absolute atomic E-state index is 0.0688. The van der Waals surface area contributed by atoms with E-state index in [1.165, 1.54) is 53.5 Å². The van der Waals surface area contributed by atoms with Crippen molar-refractivity contribution >= 4 is 3.87 Å². The summed E-state index contributed by atoms with van der Waals surface area (Å²) in [6.45, 7) is 12.9. The molecule has 0 heterocycles. The van der Waals surface area contributed by atoms with Gasteiger partial charge in [-0.15, -0.1) is 0 Å². The molecule has 1 aromatic carbocycles. The monoisotopic (exact) mass is 497 g/mol. The minimum atomic E-state index is -0.235. The van der Waals surface area contributed by atoms with E-state index >= 15 is 0 Å². The molecular formula is C30H51F2Ti. The van der Waals surface area contributed by atoms with Gasteiger partial charge in [0, 0.05) is 0 Å². The average Bonchev–Trinajstić information content (AvgIpc) is 2.76. The van der Waals surface area contributed by atoms with Crippen LogP contribution in [0.15, 0.2) is 18.2 Å². The molecular weight excluding hydrogens is 446 g/mol. The average molecular weight is 498 g/mol. The molecule has 0 spiro atoms. The van der Waals surface area contributed by atoms with E-state index < -0.39 is 0 Å². The summed E-state index contributed by atoms with van der Waals surface area (Å²) in [6, 6.07) is 6.59. The van der Waals surface area contributed by atoms with Crippen LogP contribution >= 0.6 is 0 Å². The number of alkyl halides is 2. The predicted octanol–water partition coefficient (Wildman–Crippen LogP) is 9.11. The van der Waals surface area contributed by atoms with Crippen molar-refractivity contribution in [2.45, 2.75) is 119 Å². The van der Waals surface area contributed by atoms with Crippen LogP contribution in [0, 0.1) is 22.7 Å². The number of benzene rings is 1. The van der Waals surface area contributed by atoms with Crippen LogP contribution in [0.4, 0.5) is 8.78 Å². The Bertz CT molecular complexity index is 600. The number of hydrogen-bond donors (Lipinski definition) is 0. The zero-order chi connectivity index (χ0) is 24.9. The van der Waals surface area contributed by atoms with E-state index in [2.05, 4.69) is 80.2 Å². The van der Waals surface area contributed by atoms with Crippen LogP contribution in [0.25, 0.3) is 0 Å². The first-order valence-electron chi connectivity index (χ1n) is 13.6. The Hall–Kier alpha value is -0.206. The summed E-state index contributed by atoms with van der Waals surface area (Å²) in [5.74, 6) is 0.209. The second kappa shape index (κ2) is 15.7. The van der Waals surface area contributed by atoms with Crippen molar-refractivity contribution in [1.82, 2.24) is 0 Å². The number of rotatable bonds is 18. The Labute approximate surface area is 216 Å². The van der Waals surface area contributed by atoms with Crippen molar-refractivity contribution in [3.63, 3.8) is 0 Å². The molecule has 33 heavy (non-hydrogen) atoms. The normalized spacial score (nSPS) is 14.4. The number of unbranched alkanes of at least 4 members (excludes halogenated alkanes) is 6. The standard InChI is InChI=1S/C30H51F2.Ti/c1-7-9-11-13-18-27(23-31)29(3,4)21-25-16-15-17-26(20-25)22-30(5,6)28(24-32)19-14-12-10-8-2;/h15-17,27-28H,7-14,18-19,21-24H2,1-6H3;. The van der Waals surface area contributed by atoms with Crippen molar-refractivity contribution in [2.75, 3.05) is 13.3 Å². The van der Waals surface area contributed by atoms with E-state index in [0.717, 1.165) is 38.5 Å². The summed E-state index contributed by atoms with van der Waals surface area (Å²) in [7, 11) is 0. The van der Waals surface area contributed by atoms with E-state index in [1.54, 1.807) is 0 Å². The second-order valence-corrected chi connectivity index (χ2v) is 12.5. The van der Waals surface area contributed by atoms with Gasteiger partial charge in [-0.3, -0.25) is 0 Å². The van der Waals surface area contributed by atoms with Crippen LogP contribution in [0.3, 0.4) is 0 Å². The first kappa shape index (κ1) is 30.8. The molecule has 0 aliphatic heterocycles. The van der Waals surface area contributed by atoms with E-state index in [1.807, 2.05) is 0 Å². The van der Waals surface area contributed by atoms with Crippen molar-refractivity contribution in [1.29, 1.82) is 0 Å². The van der Waals surface area contributed by atoms with Crippen LogP contribution in [0.1, 0.15) is 117 Å². The van der Waals surface area contributed by atoms with Crippen molar-refractivity contribution in [2.24, 2.45) is 22.7 Å². The van der Waals surface area contributed by atoms with Crippen LogP contribution in [0.5, 0.6) is 0 Å². The molecule has 2 unspecified atom stereocenters. The third-order valence-electron chi connectivity index (χ3n) is 7.92. The summed E-state index contributed by atoms with van der Waals surface area (Å²) in [5, 5.41) is 0. The molecule has 0 saturated heterocycles. The van der Waals surface area contributed by atoms with Gasteiger partial charge in [-0.25, -0.2) is 0 Å². The van der Waals surface area contributed by atoms with Crippen molar-refractivity contribution < 1.29 is 29.2 Å². The fraction of sp³-hybridized carbons (Fsp3) is 0.800. The Morgan fingerprint density at radius 2 is 1.09 bits per heavy atom. The van der Waals surface area contributed by atoms with Crippen molar-refractivity contribution in [3.8, 4) is 0 Å². The van der Waals surface area contributed by atoms with Gasteiger partial charge in [0.2, 0.25) is 0 Å². The summed E-state index contributed by atoms with van der Waals surface area (Å²) in [5.41, 5.74) is 2.53. The third kappa shape index (κ3) is 10.5. The fourth-order valence-electron chi connectivity index (χ4n) is 5.21. The van der Waals surface area contributed by atoms with Gasteiger partial charge in [-0.05, 0) is 0 Å². The molecule has 3 heteroatoms. The van der Waals surface area contributed by atoms with Crippen molar-refractivity contribution in [3.05, 3.63) is 29.3 Å². The Morgan fingerprint density at radius 1 is 0.697 bits per heavy atom. The zero-order valence-corrected chi connectivity index (χ0v) is 24.1. The summed E-state index contributed by atoms with van der Waals surface area (Å²) < 4.78 is 29.3. The van der Waals surface area contributed by atoms with Crippen LogP contribution < -0.4 is 3.87 Å². The molecule has 0 saturated carbocycles. The molecule has 0 aromatic heterocycles. The topological polar surface area (TPSA) is 0 Å². The van der Waals surface area contributed by atoms with Crippen LogP contribution in [-0.4, -0.2) is 13.3 Å². The second-order valence-electron chi connectivity index (χ2n) is 11.7. The van der Waals surface area contributed by atoms with Gasteiger partial charge in [0.1, 0.15) is 0 Å². The Balaban J connectivity index is 2.90.